The summed E-state index contributed by atoms with van der Waals surface area (Å²) in [6, 6.07) is 21.5. The lowest BCUT2D eigenvalue weighted by molar-refractivity contribution is -0.669. The Balaban J connectivity index is 0.00000406. The second-order valence-corrected chi connectivity index (χ2v) is 14.4. The molecule has 0 saturated heterocycles. The summed E-state index contributed by atoms with van der Waals surface area (Å²) in [7, 11) is 5.59. The van der Waals surface area contributed by atoms with Gasteiger partial charge in [0.1, 0.15) is 17.3 Å². The minimum atomic E-state index is 0. The first kappa shape index (κ1) is 35.4. The number of nitrogens with one attached hydrogen (secondary N) is 4. The fourth-order valence-corrected chi connectivity index (χ4v) is 8.12. The number of fused-ring (bicyclic) bond motifs is 8. The lowest BCUT2D eigenvalue weighted by atomic mass is 10.0. The van der Waals surface area contributed by atoms with Crippen molar-refractivity contribution in [2.45, 2.75) is 39.5 Å². The molecule has 8 aromatic rings. The molecule has 8 nitrogen and oxygen atoms in total. The van der Waals surface area contributed by atoms with E-state index in [1.54, 1.807) is 14.2 Å². The first-order chi connectivity index (χ1) is 24.4. The average molecular weight is 905 g/mol. The first-order valence-corrected chi connectivity index (χ1v) is 18.4. The van der Waals surface area contributed by atoms with E-state index in [0.717, 1.165) is 78.3 Å². The van der Waals surface area contributed by atoms with Crippen molar-refractivity contribution < 1.29 is 38.0 Å². The van der Waals surface area contributed by atoms with Crippen LogP contribution in [0.25, 0.3) is 65.2 Å². The number of aromatic nitrogens is 4. The number of methoxy groups -OCH3 is 2. The van der Waals surface area contributed by atoms with Crippen molar-refractivity contribution in [1.29, 1.82) is 0 Å². The van der Waals surface area contributed by atoms with Gasteiger partial charge in [-0.15, -0.1) is 0 Å². The van der Waals surface area contributed by atoms with Gasteiger partial charge in [-0.05, 0) is 116 Å². The summed E-state index contributed by atoms with van der Waals surface area (Å²) in [5.74, 6) is 3.84. The summed E-state index contributed by atoms with van der Waals surface area (Å²) in [6.45, 7) is 6.22. The third kappa shape index (κ3) is 6.28. The van der Waals surface area contributed by atoms with Crippen molar-refractivity contribution in [3.8, 4) is 11.5 Å². The molecule has 0 amide bonds. The number of hydrogen-bond acceptors (Lipinski definition) is 5. The van der Waals surface area contributed by atoms with E-state index in [2.05, 4.69) is 117 Å². The lowest BCUT2D eigenvalue weighted by Crippen LogP contribution is -3.00. The largest absolute Gasteiger partial charge is 1.00 e. The lowest BCUT2D eigenvalue weighted by Gasteiger charge is -2.12. The zero-order chi connectivity index (χ0) is 34.5. The predicted molar refractivity (Wildman–Crippen MR) is 216 cm³/mol. The molecule has 0 saturated carbocycles. The van der Waals surface area contributed by atoms with Crippen LogP contribution in [-0.2, 0) is 7.05 Å². The number of ether oxygens (including phenoxy) is 2. The predicted octanol–water partition coefficient (Wildman–Crippen LogP) is 6.81. The van der Waals surface area contributed by atoms with E-state index >= 15 is 0 Å². The minimum absolute atomic E-state index is 0. The molecule has 0 aliphatic carbocycles. The quantitative estimate of drug-likeness (QED) is 0.0497. The number of aryl methyl sites for hydroxylation is 2. The van der Waals surface area contributed by atoms with Crippen LogP contribution in [0, 0.1) is 17.5 Å². The number of anilines is 2. The Bertz CT molecular complexity index is 2590. The first-order valence-electron chi connectivity index (χ1n) is 17.3. The minimum Gasteiger partial charge on any atom is -1.00 e. The number of pyridine rings is 2. The zero-order valence-electron chi connectivity index (χ0n) is 29.6. The van der Waals surface area contributed by atoms with Gasteiger partial charge in [0.2, 0.25) is 0 Å². The zero-order valence-corrected chi connectivity index (χ0v) is 33.9. The highest BCUT2D eigenvalue weighted by molar-refractivity contribution is 14.1. The summed E-state index contributed by atoms with van der Waals surface area (Å²) in [4.78, 5) is 12.0. The van der Waals surface area contributed by atoms with Gasteiger partial charge < -0.3 is 48.7 Å². The van der Waals surface area contributed by atoms with Crippen LogP contribution >= 0.6 is 22.6 Å². The van der Waals surface area contributed by atoms with Crippen LogP contribution in [0.4, 0.5) is 11.6 Å². The maximum absolute atomic E-state index is 5.55. The number of rotatable bonds is 11. The summed E-state index contributed by atoms with van der Waals surface area (Å²) < 4.78 is 14.5. The van der Waals surface area contributed by atoms with Gasteiger partial charge in [-0.1, -0.05) is 6.42 Å². The summed E-state index contributed by atoms with van der Waals surface area (Å²) in [6.07, 6.45) is 6.42. The van der Waals surface area contributed by atoms with E-state index in [1.807, 2.05) is 18.3 Å². The van der Waals surface area contributed by atoms with E-state index in [-0.39, 0.29) is 24.0 Å². The molecule has 0 bridgehead atoms. The molecule has 0 unspecified atom stereocenters. The molecule has 0 radical (unpaired) electrons. The molecule has 262 valence electrons. The fraction of sp³-hybridized carbons (Fsp3) is 0.268. The highest BCUT2D eigenvalue weighted by Crippen LogP contribution is 2.38. The van der Waals surface area contributed by atoms with Gasteiger partial charge >= 0.3 is 0 Å². The van der Waals surface area contributed by atoms with Crippen LogP contribution in [0.1, 0.15) is 36.8 Å². The Kier molecular flexibility index (Phi) is 10.1. The number of H-pyrrole nitrogens is 2. The molecule has 0 aliphatic heterocycles. The van der Waals surface area contributed by atoms with Gasteiger partial charge in [-0.3, -0.25) is 5.32 Å². The van der Waals surface area contributed by atoms with Crippen molar-refractivity contribution >= 4 is 99.4 Å². The van der Waals surface area contributed by atoms with E-state index in [0.29, 0.717) is 0 Å². The van der Waals surface area contributed by atoms with Crippen LogP contribution in [0.5, 0.6) is 11.5 Å². The van der Waals surface area contributed by atoms with E-state index in [1.165, 1.54) is 63.6 Å². The second kappa shape index (κ2) is 14.5. The number of halogens is 2. The molecule has 4 aromatic heterocycles. The van der Waals surface area contributed by atoms with Crippen LogP contribution in [0.15, 0.2) is 66.9 Å². The molecule has 0 spiro atoms. The van der Waals surface area contributed by atoms with Gasteiger partial charge in [0.25, 0.3) is 5.82 Å². The van der Waals surface area contributed by atoms with Crippen LogP contribution in [0.3, 0.4) is 0 Å². The van der Waals surface area contributed by atoms with Crippen molar-refractivity contribution in [2.24, 2.45) is 7.05 Å². The summed E-state index contributed by atoms with van der Waals surface area (Å²) in [5, 5.41) is 17.1. The molecule has 8 rings (SSSR count). The molecule has 0 fully saturated rings. The standard InChI is InChI=1S/C41H41IN6O2.HI/c1-23-27-14-17-44-40(33(27)20-31-29-18-25(49-4)10-12-35(29)46-38(23)31)43-15-8-6-7-9-16-45-41-34-21-32-30-19-26(50-5)11-13-36(30)47-39(32)24(2)28(34)22-37(42)48(41)3;/h10-14,17-22H,6-9,15-16H2,1-5H3,(H3,43,44,45,46,47);1H. The number of aromatic amines is 2. The normalized spacial score (nSPS) is 11.6. The van der Waals surface area contributed by atoms with E-state index < -0.39 is 0 Å². The van der Waals surface area contributed by atoms with Crippen molar-refractivity contribution in [2.75, 3.05) is 37.9 Å². The number of hydrogen-bond donors (Lipinski definition) is 4. The Hall–Kier alpha value is -4.04. The topological polar surface area (TPSA) is 90.9 Å². The number of nitrogens with zero attached hydrogens (tertiary/aromatic N) is 2. The highest BCUT2D eigenvalue weighted by atomic mass is 127. The maximum Gasteiger partial charge on any atom is 0.283 e. The summed E-state index contributed by atoms with van der Waals surface area (Å²) in [5.41, 5.74) is 7.10. The molecule has 0 atom stereocenters. The maximum atomic E-state index is 5.55. The van der Waals surface area contributed by atoms with Gasteiger partial charge in [0.15, 0.2) is 3.70 Å². The Morgan fingerprint density at radius 2 is 1.22 bits per heavy atom. The Labute approximate surface area is 327 Å². The third-order valence-corrected chi connectivity index (χ3v) is 11.4. The molecule has 4 heterocycles. The van der Waals surface area contributed by atoms with Crippen LogP contribution in [0.2, 0.25) is 0 Å². The molecular formula is C41H42I2N6O2. The smallest absolute Gasteiger partial charge is 0.283 e. The monoisotopic (exact) mass is 904 g/mol. The Morgan fingerprint density at radius 3 is 1.82 bits per heavy atom. The van der Waals surface area contributed by atoms with Gasteiger partial charge in [0, 0.05) is 73.3 Å². The molecule has 0 aliphatic rings. The number of unbranched alkanes of at least 4 members (excludes halogenated alkanes) is 3. The highest BCUT2D eigenvalue weighted by Gasteiger charge is 2.20. The van der Waals surface area contributed by atoms with Crippen molar-refractivity contribution in [3.63, 3.8) is 0 Å². The van der Waals surface area contributed by atoms with Crippen molar-refractivity contribution in [3.05, 3.63) is 81.7 Å². The number of benzene rings is 4. The van der Waals surface area contributed by atoms with E-state index in [9.17, 15) is 0 Å². The molecule has 4 aromatic carbocycles. The Morgan fingerprint density at radius 1 is 0.647 bits per heavy atom. The average Bonchev–Trinajstić information content (AvgIpc) is 3.69. The van der Waals surface area contributed by atoms with Gasteiger partial charge in [0.05, 0.1) is 44.2 Å². The molecular weight excluding hydrogens is 862 g/mol. The SMILES string of the molecule is COc1ccc2[nH]c3c(C)c4ccnc(NCCCCCCNc5c6cc7c([nH]c8ccc(OC)cc87)c(C)c6cc(I)[n+]5C)c4cc3c2c1.[I-]. The van der Waals surface area contributed by atoms with E-state index in [4.69, 9.17) is 14.5 Å². The van der Waals surface area contributed by atoms with Gasteiger partial charge in [-0.25, -0.2) is 9.55 Å². The third-order valence-electron chi connectivity index (χ3n) is 10.4. The van der Waals surface area contributed by atoms with Crippen LogP contribution in [-0.4, -0.2) is 42.3 Å². The van der Waals surface area contributed by atoms with Crippen molar-refractivity contribution in [1.82, 2.24) is 15.0 Å². The van der Waals surface area contributed by atoms with Crippen LogP contribution < -0.4 is 48.7 Å². The molecule has 4 N–H and O–H groups in total. The summed E-state index contributed by atoms with van der Waals surface area (Å²) >= 11 is 2.44. The molecule has 51 heavy (non-hydrogen) atoms. The fourth-order valence-electron chi connectivity index (χ4n) is 7.57. The van der Waals surface area contributed by atoms with Gasteiger partial charge in [-0.2, -0.15) is 0 Å². The second-order valence-electron chi connectivity index (χ2n) is 13.3. The molecule has 10 heteroatoms.